The number of esters is 3. The molecule has 1 spiro atoms. The van der Waals surface area contributed by atoms with Gasteiger partial charge in [0.1, 0.15) is 19.3 Å². The van der Waals surface area contributed by atoms with Crippen LogP contribution in [0.2, 0.25) is 0 Å². The smallest absolute Gasteiger partial charge is 0.460 e. The Bertz CT molecular complexity index is 1300. The Morgan fingerprint density at radius 2 is 1.06 bits per heavy atom. The molecule has 28 heteroatoms. The molecule has 1 aliphatic heterocycles. The van der Waals surface area contributed by atoms with E-state index in [0.717, 1.165) is 0 Å². The fourth-order valence-electron chi connectivity index (χ4n) is 3.77. The lowest BCUT2D eigenvalue weighted by atomic mass is 9.95. The molecule has 48 heavy (non-hydrogen) atoms. The van der Waals surface area contributed by atoms with Gasteiger partial charge in [-0.25, -0.2) is 14.4 Å². The van der Waals surface area contributed by atoms with Crippen LogP contribution in [0.3, 0.4) is 0 Å². The number of rotatable bonds is 11. The van der Waals surface area contributed by atoms with Gasteiger partial charge in [-0.05, 0) is 19.3 Å². The summed E-state index contributed by atoms with van der Waals surface area (Å²) in [4.78, 5) is 35.1. The van der Waals surface area contributed by atoms with Crippen molar-refractivity contribution in [2.75, 3.05) is 24.7 Å². The van der Waals surface area contributed by atoms with Crippen molar-refractivity contribution >= 4 is 51.5 Å². The molecule has 0 radical (unpaired) electrons. The summed E-state index contributed by atoms with van der Waals surface area (Å²) >= 11 is 0.602. The molecule has 0 aromatic heterocycles. The van der Waals surface area contributed by atoms with E-state index in [4.69, 9.17) is 4.55 Å². The third kappa shape index (κ3) is 7.48. The zero-order chi connectivity index (χ0) is 37.8. The second-order valence-corrected chi connectivity index (χ2v) is 14.4. The van der Waals surface area contributed by atoms with E-state index in [1.54, 1.807) is 0 Å². The van der Waals surface area contributed by atoms with E-state index in [9.17, 15) is 93.0 Å². The molecule has 0 aromatic rings. The first-order valence-electron chi connectivity index (χ1n) is 12.0. The van der Waals surface area contributed by atoms with Crippen molar-refractivity contribution in [2.45, 2.75) is 70.7 Å². The molecule has 1 aliphatic carbocycles. The zero-order valence-electron chi connectivity index (χ0n) is 22.5. The fraction of sp³-hybridized carbons (Fsp3) is 0.850. The third-order valence-corrected chi connectivity index (χ3v) is 11.5. The SMILES string of the molecule is O=C(OCC1(COC(=O)C(F)(F)C(F)(F)C(F)(F)F)CSC2(CCCC2OC(=O)C(F)(F)S(=O)(=O)O)SC1)C(F)(F)C(F)(F)C(F)(F)F. The molecule has 1 saturated heterocycles. The van der Waals surface area contributed by atoms with Crippen molar-refractivity contribution in [3.05, 3.63) is 0 Å². The summed E-state index contributed by atoms with van der Waals surface area (Å²) in [6.45, 7) is -3.82. The second-order valence-electron chi connectivity index (χ2n) is 10.1. The molecule has 1 heterocycles. The number of halogens is 16. The molecule has 1 saturated carbocycles. The van der Waals surface area contributed by atoms with Crippen LogP contribution < -0.4 is 0 Å². The van der Waals surface area contributed by atoms with Crippen LogP contribution in [0.4, 0.5) is 70.2 Å². The minimum absolute atomic E-state index is 0.0517. The number of carbonyl (C=O) groups is 3. The summed E-state index contributed by atoms with van der Waals surface area (Å²) in [6, 6.07) is 0. The summed E-state index contributed by atoms with van der Waals surface area (Å²) in [7, 11) is -6.39. The summed E-state index contributed by atoms with van der Waals surface area (Å²) in [5.41, 5.74) is -2.59. The number of thioether (sulfide) groups is 2. The molecular formula is C20H16F16O9S3. The van der Waals surface area contributed by atoms with Gasteiger partial charge in [0.25, 0.3) is 0 Å². The standard InChI is InChI=1S/C20H16F16O9S3/c21-14(22,17(27,28)19(31,32)33)9(37)43-4-12(5-44-10(38)15(23,24)18(29,30)20(34,35)36)6-46-13(47-7-12)3-1-2-8(13)45-11(39)16(25,26)48(40,41)42/h8H,1-7H2,(H,40,41,42). The predicted molar refractivity (Wildman–Crippen MR) is 124 cm³/mol. The van der Waals surface area contributed by atoms with Gasteiger partial charge in [-0.15, -0.1) is 23.5 Å². The quantitative estimate of drug-likeness (QED) is 0.123. The van der Waals surface area contributed by atoms with Gasteiger partial charge in [-0.1, -0.05) is 0 Å². The first-order chi connectivity index (χ1) is 21.2. The van der Waals surface area contributed by atoms with Gasteiger partial charge in [-0.3, -0.25) is 4.55 Å². The van der Waals surface area contributed by atoms with Crippen LogP contribution >= 0.6 is 23.5 Å². The molecule has 9 nitrogen and oxygen atoms in total. The van der Waals surface area contributed by atoms with Crippen molar-refractivity contribution in [1.82, 2.24) is 0 Å². The van der Waals surface area contributed by atoms with E-state index in [1.165, 1.54) is 0 Å². The monoisotopic (exact) mass is 800 g/mol. The highest BCUT2D eigenvalue weighted by atomic mass is 32.2. The maximum absolute atomic E-state index is 13.8. The maximum atomic E-state index is 13.8. The molecule has 0 aromatic carbocycles. The molecule has 280 valence electrons. The number of hydrogen-bond donors (Lipinski definition) is 1. The summed E-state index contributed by atoms with van der Waals surface area (Å²) < 4.78 is 251. The number of ether oxygens (including phenoxy) is 3. The van der Waals surface area contributed by atoms with Gasteiger partial charge in [0.15, 0.2) is 0 Å². The van der Waals surface area contributed by atoms with Gasteiger partial charge >= 0.3 is 69.3 Å². The summed E-state index contributed by atoms with van der Waals surface area (Å²) in [5.74, 6) is -39.7. The minimum Gasteiger partial charge on any atom is -0.460 e. The largest absolute Gasteiger partial charge is 0.465 e. The lowest BCUT2D eigenvalue weighted by molar-refractivity contribution is -0.349. The molecular weight excluding hydrogens is 784 g/mol. The number of alkyl halides is 16. The molecule has 2 fully saturated rings. The van der Waals surface area contributed by atoms with Crippen LogP contribution in [0.25, 0.3) is 0 Å². The van der Waals surface area contributed by atoms with Gasteiger partial charge in [0.2, 0.25) is 0 Å². The Labute approximate surface area is 264 Å². The Morgan fingerprint density at radius 3 is 1.40 bits per heavy atom. The van der Waals surface area contributed by atoms with E-state index < -0.39 is 110 Å². The molecule has 1 unspecified atom stereocenters. The fourth-order valence-corrected chi connectivity index (χ4v) is 7.76. The highest BCUT2D eigenvalue weighted by Crippen LogP contribution is 2.58. The van der Waals surface area contributed by atoms with Gasteiger partial charge in [0.05, 0.1) is 9.49 Å². The number of carbonyl (C=O) groups excluding carboxylic acids is 3. The molecule has 0 amide bonds. The molecule has 2 rings (SSSR count). The van der Waals surface area contributed by atoms with Crippen molar-refractivity contribution < 1.29 is 112 Å². The maximum Gasteiger partial charge on any atom is 0.465 e. The Hall–Kier alpha value is -2.10. The second kappa shape index (κ2) is 12.9. The normalized spacial score (nSPS) is 21.1. The Kier molecular flexibility index (Phi) is 11.3. The zero-order valence-corrected chi connectivity index (χ0v) is 25.0. The lowest BCUT2D eigenvalue weighted by Gasteiger charge is -2.45. The van der Waals surface area contributed by atoms with Crippen molar-refractivity contribution in [3.63, 3.8) is 0 Å². The number of hydrogen-bond acceptors (Lipinski definition) is 10. The van der Waals surface area contributed by atoms with Crippen LogP contribution in [0, 0.1) is 5.41 Å². The highest BCUT2D eigenvalue weighted by Gasteiger charge is 2.78. The topological polar surface area (TPSA) is 133 Å². The summed E-state index contributed by atoms with van der Waals surface area (Å²) in [6.07, 6.45) is -16.5. The molecule has 0 bridgehead atoms. The van der Waals surface area contributed by atoms with Crippen LogP contribution in [0.15, 0.2) is 0 Å². The lowest BCUT2D eigenvalue weighted by Crippen LogP contribution is -2.58. The molecule has 1 atom stereocenters. The average molecular weight is 801 g/mol. The van der Waals surface area contributed by atoms with Gasteiger partial charge < -0.3 is 14.2 Å². The van der Waals surface area contributed by atoms with Gasteiger partial charge in [0, 0.05) is 11.5 Å². The minimum atomic E-state index is -7.09. The van der Waals surface area contributed by atoms with Crippen LogP contribution in [0.5, 0.6) is 0 Å². The summed E-state index contributed by atoms with van der Waals surface area (Å²) in [5, 5.41) is -5.53. The first kappa shape index (κ1) is 42.1. The molecule has 1 N–H and O–H groups in total. The predicted octanol–water partition coefficient (Wildman–Crippen LogP) is 5.48. The van der Waals surface area contributed by atoms with Crippen LogP contribution in [0.1, 0.15) is 19.3 Å². The van der Waals surface area contributed by atoms with E-state index in [0.29, 0.717) is 23.5 Å². The van der Waals surface area contributed by atoms with E-state index >= 15 is 0 Å². The first-order valence-corrected chi connectivity index (χ1v) is 15.4. The van der Waals surface area contributed by atoms with Crippen molar-refractivity contribution in [2.24, 2.45) is 5.41 Å². The van der Waals surface area contributed by atoms with Crippen molar-refractivity contribution in [3.8, 4) is 0 Å². The van der Waals surface area contributed by atoms with E-state index in [1.807, 2.05) is 0 Å². The molecule has 2 aliphatic rings. The van der Waals surface area contributed by atoms with Crippen LogP contribution in [-0.4, -0.2) is 107 Å². The van der Waals surface area contributed by atoms with E-state index in [-0.39, 0.29) is 19.3 Å². The van der Waals surface area contributed by atoms with Crippen molar-refractivity contribution in [1.29, 1.82) is 0 Å². The highest BCUT2D eigenvalue weighted by molar-refractivity contribution is 8.19. The van der Waals surface area contributed by atoms with Gasteiger partial charge in [-0.2, -0.15) is 78.7 Å². The average Bonchev–Trinajstić information content (AvgIpc) is 3.30. The van der Waals surface area contributed by atoms with E-state index in [2.05, 4.69) is 14.2 Å². The third-order valence-electron chi connectivity index (χ3n) is 6.57. The van der Waals surface area contributed by atoms with Crippen LogP contribution in [-0.2, 0) is 38.7 Å². The Balaban J connectivity index is 2.39. The Morgan fingerprint density at radius 1 is 0.688 bits per heavy atom.